The van der Waals surface area contributed by atoms with Crippen molar-refractivity contribution in [2.24, 2.45) is 4.99 Å². The van der Waals surface area contributed by atoms with Crippen LogP contribution in [0, 0.1) is 0 Å². The van der Waals surface area contributed by atoms with E-state index in [2.05, 4.69) is 29.0 Å². The van der Waals surface area contributed by atoms with Crippen LogP contribution in [0.2, 0.25) is 0 Å². The van der Waals surface area contributed by atoms with E-state index in [9.17, 15) is 0 Å². The number of aromatic nitrogens is 2. The van der Waals surface area contributed by atoms with Gasteiger partial charge in [-0.25, -0.2) is 4.99 Å². The molecule has 4 nitrogen and oxygen atoms in total. The Bertz CT molecular complexity index is 868. The number of hydrogen-bond donors (Lipinski definition) is 2. The molecule has 0 radical (unpaired) electrons. The normalized spacial score (nSPS) is 21.9. The molecule has 0 aromatic carbocycles. The lowest BCUT2D eigenvalue weighted by Crippen LogP contribution is -1.99. The van der Waals surface area contributed by atoms with Crippen LogP contribution in [-0.2, 0) is 11.2 Å². The number of nitrogens with one attached hydrogen (secondary N) is 2. The average molecular weight is 364 g/mol. The van der Waals surface area contributed by atoms with Crippen molar-refractivity contribution >= 4 is 11.8 Å². The molecule has 1 aliphatic carbocycles. The second-order valence-corrected chi connectivity index (χ2v) is 7.54. The molecular formula is C23H29N3O. The number of aliphatic imine (C=N–C) groups is 1. The van der Waals surface area contributed by atoms with Gasteiger partial charge in [-0.3, -0.25) is 0 Å². The fourth-order valence-electron chi connectivity index (χ4n) is 4.22. The van der Waals surface area contributed by atoms with Crippen molar-refractivity contribution in [3.63, 3.8) is 0 Å². The van der Waals surface area contributed by atoms with Gasteiger partial charge in [-0.15, -0.1) is 0 Å². The Morgan fingerprint density at radius 1 is 1.26 bits per heavy atom. The number of hydrogen-bond acceptors (Lipinski definition) is 2. The maximum Gasteiger partial charge on any atom is 0.146 e. The van der Waals surface area contributed by atoms with Crippen molar-refractivity contribution in [2.45, 2.75) is 57.8 Å². The molecule has 1 aliphatic heterocycles. The molecule has 4 rings (SSSR count). The summed E-state index contributed by atoms with van der Waals surface area (Å²) in [7, 11) is 1.71. The summed E-state index contributed by atoms with van der Waals surface area (Å²) in [4.78, 5) is 11.7. The molecule has 2 N–H and O–H groups in total. The fourth-order valence-corrected chi connectivity index (χ4v) is 4.22. The molecule has 0 amide bonds. The van der Waals surface area contributed by atoms with Crippen LogP contribution < -0.4 is 0 Å². The van der Waals surface area contributed by atoms with E-state index in [0.29, 0.717) is 5.92 Å². The van der Waals surface area contributed by atoms with Crippen molar-refractivity contribution in [1.29, 1.82) is 0 Å². The average Bonchev–Trinajstić information content (AvgIpc) is 3.41. The SMILES string of the molecule is CC[C@H]1CCCCCCc2cc1c(/C=C1/N=C(c3ccc[nH]3)C=C1OC)[nH]2. The Hall–Kier alpha value is -2.49. The summed E-state index contributed by atoms with van der Waals surface area (Å²) in [5.41, 5.74) is 6.82. The van der Waals surface area contributed by atoms with Gasteiger partial charge >= 0.3 is 0 Å². The number of ether oxygens (including phenoxy) is 1. The summed E-state index contributed by atoms with van der Waals surface area (Å²) in [6.07, 6.45) is 15.0. The molecule has 0 saturated carbocycles. The second-order valence-electron chi connectivity index (χ2n) is 7.54. The standard InChI is InChI=1S/C23H29N3O/c1-3-16-9-6-4-5-7-10-17-13-18(16)20(25-17)14-22-23(27-2)15-21(26-22)19-11-8-12-24-19/h8,11-16,24-25H,3-7,9-10H2,1-2H3/b22-14+/t16-/m0/s1. The number of aromatic amines is 2. The first kappa shape index (κ1) is 17.9. The highest BCUT2D eigenvalue weighted by atomic mass is 16.5. The number of allylic oxidation sites excluding steroid dienone is 1. The highest BCUT2D eigenvalue weighted by Gasteiger charge is 2.21. The topological polar surface area (TPSA) is 53.2 Å². The molecule has 0 saturated heterocycles. The minimum atomic E-state index is 0.614. The Morgan fingerprint density at radius 2 is 2.15 bits per heavy atom. The monoisotopic (exact) mass is 363 g/mol. The number of methoxy groups -OCH3 is 1. The number of nitrogens with zero attached hydrogens (tertiary/aromatic N) is 1. The predicted octanol–water partition coefficient (Wildman–Crippen LogP) is 5.72. The van der Waals surface area contributed by atoms with Crippen LogP contribution in [-0.4, -0.2) is 22.8 Å². The van der Waals surface area contributed by atoms with Gasteiger partial charge in [-0.05, 0) is 61.4 Å². The van der Waals surface area contributed by atoms with Gasteiger partial charge < -0.3 is 14.7 Å². The smallest absolute Gasteiger partial charge is 0.146 e. The van der Waals surface area contributed by atoms with Crippen LogP contribution in [0.25, 0.3) is 6.08 Å². The number of fused-ring (bicyclic) bond motifs is 2. The maximum atomic E-state index is 5.61. The molecule has 0 fully saturated rings. The van der Waals surface area contributed by atoms with Gasteiger partial charge in [0.1, 0.15) is 11.5 Å². The van der Waals surface area contributed by atoms with E-state index in [4.69, 9.17) is 9.73 Å². The number of rotatable bonds is 4. The highest BCUT2D eigenvalue weighted by molar-refractivity contribution is 6.11. The maximum absolute atomic E-state index is 5.61. The zero-order valence-electron chi connectivity index (χ0n) is 16.3. The minimum Gasteiger partial charge on any atom is -0.494 e. The molecular weight excluding hydrogens is 334 g/mol. The third kappa shape index (κ3) is 3.80. The molecule has 1 atom stereocenters. The molecule has 0 spiro atoms. The quantitative estimate of drug-likeness (QED) is 0.717. The third-order valence-corrected chi connectivity index (χ3v) is 5.75. The van der Waals surface area contributed by atoms with Crippen LogP contribution in [0.4, 0.5) is 0 Å². The molecule has 4 heteroatoms. The summed E-state index contributed by atoms with van der Waals surface area (Å²) in [6, 6.07) is 6.42. The summed E-state index contributed by atoms with van der Waals surface area (Å²) in [6.45, 7) is 2.30. The molecule has 2 bridgehead atoms. The molecule has 2 aromatic rings. The summed E-state index contributed by atoms with van der Waals surface area (Å²) in [5.74, 6) is 1.43. The van der Waals surface area contributed by atoms with Crippen molar-refractivity contribution in [3.05, 3.63) is 64.6 Å². The molecule has 27 heavy (non-hydrogen) atoms. The van der Waals surface area contributed by atoms with E-state index in [0.717, 1.165) is 29.3 Å². The Balaban J connectivity index is 1.72. The van der Waals surface area contributed by atoms with Gasteiger partial charge in [0.2, 0.25) is 0 Å². The van der Waals surface area contributed by atoms with Crippen LogP contribution in [0.3, 0.4) is 0 Å². The highest BCUT2D eigenvalue weighted by Crippen LogP contribution is 2.34. The van der Waals surface area contributed by atoms with E-state index in [1.807, 2.05) is 24.4 Å². The van der Waals surface area contributed by atoms with E-state index in [-0.39, 0.29) is 0 Å². The lowest BCUT2D eigenvalue weighted by atomic mass is 9.89. The summed E-state index contributed by atoms with van der Waals surface area (Å²) >= 11 is 0. The van der Waals surface area contributed by atoms with E-state index < -0.39 is 0 Å². The largest absolute Gasteiger partial charge is 0.494 e. The molecule has 142 valence electrons. The van der Waals surface area contributed by atoms with E-state index in [1.165, 1.54) is 55.5 Å². The zero-order chi connectivity index (χ0) is 18.6. The van der Waals surface area contributed by atoms with Crippen LogP contribution in [0.1, 0.15) is 74.0 Å². The lowest BCUT2D eigenvalue weighted by Gasteiger charge is -2.15. The van der Waals surface area contributed by atoms with E-state index >= 15 is 0 Å². The van der Waals surface area contributed by atoms with Crippen molar-refractivity contribution in [3.8, 4) is 0 Å². The zero-order valence-corrected chi connectivity index (χ0v) is 16.3. The summed E-state index contributed by atoms with van der Waals surface area (Å²) < 4.78 is 5.61. The lowest BCUT2D eigenvalue weighted by molar-refractivity contribution is 0.303. The van der Waals surface area contributed by atoms with Crippen molar-refractivity contribution in [1.82, 2.24) is 9.97 Å². The Labute approximate surface area is 161 Å². The van der Waals surface area contributed by atoms with Gasteiger partial charge in [0, 0.05) is 23.7 Å². The first-order valence-corrected chi connectivity index (χ1v) is 10.2. The van der Waals surface area contributed by atoms with E-state index in [1.54, 1.807) is 7.11 Å². The third-order valence-electron chi connectivity index (χ3n) is 5.75. The van der Waals surface area contributed by atoms with Crippen LogP contribution in [0.5, 0.6) is 0 Å². The molecule has 0 unspecified atom stereocenters. The van der Waals surface area contributed by atoms with Crippen LogP contribution in [0.15, 0.2) is 46.9 Å². The number of aryl methyl sites for hydroxylation is 1. The molecule has 2 aromatic heterocycles. The van der Waals surface area contributed by atoms with Gasteiger partial charge in [0.25, 0.3) is 0 Å². The molecule has 2 aliphatic rings. The number of H-pyrrole nitrogens is 2. The Kier molecular flexibility index (Phi) is 5.33. The summed E-state index contributed by atoms with van der Waals surface area (Å²) in [5, 5.41) is 0. The van der Waals surface area contributed by atoms with Gasteiger partial charge in [0.15, 0.2) is 0 Å². The van der Waals surface area contributed by atoms with Crippen molar-refractivity contribution in [2.75, 3.05) is 7.11 Å². The van der Waals surface area contributed by atoms with Crippen LogP contribution >= 0.6 is 0 Å². The fraction of sp³-hybridized carbons (Fsp3) is 0.435. The first-order valence-electron chi connectivity index (χ1n) is 10.2. The minimum absolute atomic E-state index is 0.614. The first-order chi connectivity index (χ1) is 13.3. The van der Waals surface area contributed by atoms with Crippen molar-refractivity contribution < 1.29 is 4.74 Å². The van der Waals surface area contributed by atoms with Gasteiger partial charge in [0.05, 0.1) is 18.5 Å². The van der Waals surface area contributed by atoms with Gasteiger partial charge in [-0.2, -0.15) is 0 Å². The van der Waals surface area contributed by atoms with Gasteiger partial charge in [-0.1, -0.05) is 26.2 Å². The molecule has 3 heterocycles. The predicted molar refractivity (Wildman–Crippen MR) is 111 cm³/mol. The second kappa shape index (κ2) is 8.03. The Morgan fingerprint density at radius 3 is 2.93 bits per heavy atom.